The van der Waals surface area contributed by atoms with E-state index in [1.54, 1.807) is 0 Å². The van der Waals surface area contributed by atoms with E-state index in [0.717, 1.165) is 55.2 Å². The molecule has 0 amide bonds. The zero-order valence-corrected chi connectivity index (χ0v) is 16.1. The molecule has 1 aliphatic rings. The van der Waals surface area contributed by atoms with Gasteiger partial charge < -0.3 is 0 Å². The molecule has 1 fully saturated rings. The fraction of sp³-hybridized carbons (Fsp3) is 0.304. The minimum absolute atomic E-state index is 0.546. The molecule has 0 bridgehead atoms. The van der Waals surface area contributed by atoms with Crippen LogP contribution in [0.4, 0.5) is 0 Å². The van der Waals surface area contributed by atoms with Gasteiger partial charge in [-0.3, -0.25) is 14.9 Å². The maximum absolute atomic E-state index is 6.31. The number of benzene rings is 1. The van der Waals surface area contributed by atoms with Crippen molar-refractivity contribution in [3.05, 3.63) is 94.5 Å². The molecule has 4 heteroatoms. The van der Waals surface area contributed by atoms with E-state index < -0.39 is 0 Å². The van der Waals surface area contributed by atoms with Crippen molar-refractivity contribution in [3.8, 4) is 0 Å². The summed E-state index contributed by atoms with van der Waals surface area (Å²) < 4.78 is 0. The second-order valence-corrected chi connectivity index (χ2v) is 7.64. The van der Waals surface area contributed by atoms with Crippen LogP contribution < -0.4 is 0 Å². The average Bonchev–Trinajstić information content (AvgIpc) is 2.71. The molecule has 2 aromatic heterocycles. The van der Waals surface area contributed by atoms with Crippen LogP contribution in [0.25, 0.3) is 0 Å². The quantitative estimate of drug-likeness (QED) is 0.619. The van der Waals surface area contributed by atoms with Gasteiger partial charge in [-0.2, -0.15) is 0 Å². The van der Waals surface area contributed by atoms with Crippen LogP contribution in [0, 0.1) is 0 Å². The molecule has 1 saturated heterocycles. The highest BCUT2D eigenvalue weighted by Crippen LogP contribution is 2.28. The number of nitrogens with zero attached hydrogens (tertiary/aromatic N) is 3. The van der Waals surface area contributed by atoms with E-state index in [-0.39, 0.29) is 0 Å². The highest BCUT2D eigenvalue weighted by molar-refractivity contribution is 6.31. The topological polar surface area (TPSA) is 29.0 Å². The van der Waals surface area contributed by atoms with E-state index in [0.29, 0.717) is 5.92 Å². The van der Waals surface area contributed by atoms with Crippen LogP contribution in [0.2, 0.25) is 5.02 Å². The summed E-state index contributed by atoms with van der Waals surface area (Å²) in [7, 11) is 0. The number of likely N-dealkylation sites (tertiary alicyclic amines) is 1. The van der Waals surface area contributed by atoms with Crippen LogP contribution in [0.3, 0.4) is 0 Å². The van der Waals surface area contributed by atoms with E-state index in [9.17, 15) is 0 Å². The standard InChI is InChI=1S/C23H24ClN3/c24-22-6-2-1-4-20(22)16-21-5-3-7-23(26-21)19-10-14-27(15-11-19)17-18-8-12-25-13-9-18/h1-9,12-13,19H,10-11,14-17H2. The van der Waals surface area contributed by atoms with Crippen molar-refractivity contribution in [3.63, 3.8) is 0 Å². The molecule has 0 unspecified atom stereocenters. The van der Waals surface area contributed by atoms with Gasteiger partial charge in [-0.1, -0.05) is 35.9 Å². The monoisotopic (exact) mass is 377 g/mol. The summed E-state index contributed by atoms with van der Waals surface area (Å²) in [4.78, 5) is 11.6. The Morgan fingerprint density at radius 1 is 0.926 bits per heavy atom. The number of aromatic nitrogens is 2. The van der Waals surface area contributed by atoms with Crippen molar-refractivity contribution >= 4 is 11.6 Å². The van der Waals surface area contributed by atoms with Crippen molar-refractivity contribution in [2.75, 3.05) is 13.1 Å². The lowest BCUT2D eigenvalue weighted by molar-refractivity contribution is 0.203. The van der Waals surface area contributed by atoms with Crippen molar-refractivity contribution in [2.24, 2.45) is 0 Å². The summed E-state index contributed by atoms with van der Waals surface area (Å²) in [6.45, 7) is 3.24. The molecule has 27 heavy (non-hydrogen) atoms. The Morgan fingerprint density at radius 2 is 1.70 bits per heavy atom. The lowest BCUT2D eigenvalue weighted by Crippen LogP contribution is -2.32. The van der Waals surface area contributed by atoms with Gasteiger partial charge in [0.05, 0.1) is 0 Å². The second-order valence-electron chi connectivity index (χ2n) is 7.23. The number of piperidine rings is 1. The normalized spacial score (nSPS) is 15.7. The summed E-state index contributed by atoms with van der Waals surface area (Å²) in [5.41, 5.74) is 4.79. The Balaban J connectivity index is 1.38. The number of halogens is 1. The molecule has 3 heterocycles. The molecule has 0 spiro atoms. The maximum atomic E-state index is 6.31. The fourth-order valence-electron chi connectivity index (χ4n) is 3.79. The molecule has 0 radical (unpaired) electrons. The van der Waals surface area contributed by atoms with Crippen LogP contribution in [0.1, 0.15) is 41.3 Å². The highest BCUT2D eigenvalue weighted by Gasteiger charge is 2.21. The van der Waals surface area contributed by atoms with Crippen molar-refractivity contribution in [2.45, 2.75) is 31.7 Å². The van der Waals surface area contributed by atoms with Crippen molar-refractivity contribution < 1.29 is 0 Å². The number of hydrogen-bond donors (Lipinski definition) is 0. The molecule has 3 aromatic rings. The fourth-order valence-corrected chi connectivity index (χ4v) is 4.00. The average molecular weight is 378 g/mol. The van der Waals surface area contributed by atoms with E-state index in [2.05, 4.69) is 46.3 Å². The Labute approximate surface area is 166 Å². The van der Waals surface area contributed by atoms with Crippen molar-refractivity contribution in [1.29, 1.82) is 0 Å². The predicted octanol–water partition coefficient (Wildman–Crippen LogP) is 5.10. The van der Waals surface area contributed by atoms with E-state index >= 15 is 0 Å². The first-order valence-electron chi connectivity index (χ1n) is 9.58. The Morgan fingerprint density at radius 3 is 2.48 bits per heavy atom. The zero-order valence-electron chi connectivity index (χ0n) is 15.4. The third-order valence-corrected chi connectivity index (χ3v) is 5.69. The third-order valence-electron chi connectivity index (χ3n) is 5.32. The Kier molecular flexibility index (Phi) is 5.81. The van der Waals surface area contributed by atoms with E-state index in [1.807, 2.05) is 30.6 Å². The van der Waals surface area contributed by atoms with E-state index in [4.69, 9.17) is 16.6 Å². The summed E-state index contributed by atoms with van der Waals surface area (Å²) in [6, 6.07) is 18.6. The number of hydrogen-bond acceptors (Lipinski definition) is 3. The van der Waals surface area contributed by atoms with Crippen LogP contribution in [-0.2, 0) is 13.0 Å². The summed E-state index contributed by atoms with van der Waals surface area (Å²) in [5.74, 6) is 0.546. The van der Waals surface area contributed by atoms with Crippen LogP contribution >= 0.6 is 11.6 Å². The molecule has 0 atom stereocenters. The minimum atomic E-state index is 0.546. The molecule has 4 rings (SSSR count). The van der Waals surface area contributed by atoms with Gasteiger partial charge in [0.15, 0.2) is 0 Å². The van der Waals surface area contributed by atoms with Crippen LogP contribution in [-0.4, -0.2) is 28.0 Å². The number of pyridine rings is 2. The molecule has 1 aliphatic heterocycles. The van der Waals surface area contributed by atoms with Gasteiger partial charge in [0.2, 0.25) is 0 Å². The predicted molar refractivity (Wildman–Crippen MR) is 110 cm³/mol. The maximum Gasteiger partial charge on any atom is 0.0451 e. The molecule has 138 valence electrons. The molecule has 1 aromatic carbocycles. The smallest absolute Gasteiger partial charge is 0.0451 e. The van der Waals surface area contributed by atoms with Crippen LogP contribution in [0.5, 0.6) is 0 Å². The summed E-state index contributed by atoms with van der Waals surface area (Å²) in [5, 5.41) is 0.814. The van der Waals surface area contributed by atoms with Gasteiger partial charge in [-0.25, -0.2) is 0 Å². The SMILES string of the molecule is Clc1ccccc1Cc1cccc(C2CCN(Cc3ccncc3)CC2)n1. The minimum Gasteiger partial charge on any atom is -0.299 e. The van der Waals surface area contributed by atoms with Gasteiger partial charge in [-0.15, -0.1) is 0 Å². The third kappa shape index (κ3) is 4.74. The van der Waals surface area contributed by atoms with Gasteiger partial charge in [-0.05, 0) is 67.4 Å². The molecule has 3 nitrogen and oxygen atoms in total. The van der Waals surface area contributed by atoms with Gasteiger partial charge in [0, 0.05) is 47.7 Å². The van der Waals surface area contributed by atoms with Crippen molar-refractivity contribution in [1.82, 2.24) is 14.9 Å². The molecular weight excluding hydrogens is 354 g/mol. The molecular formula is C23H24ClN3. The zero-order chi connectivity index (χ0) is 18.5. The van der Waals surface area contributed by atoms with Gasteiger partial charge in [0.1, 0.15) is 0 Å². The lowest BCUT2D eigenvalue weighted by atomic mass is 9.92. The first-order chi connectivity index (χ1) is 13.3. The summed E-state index contributed by atoms with van der Waals surface area (Å²) >= 11 is 6.31. The summed E-state index contributed by atoms with van der Waals surface area (Å²) in [6.07, 6.45) is 6.85. The van der Waals surface area contributed by atoms with Gasteiger partial charge in [0.25, 0.3) is 0 Å². The largest absolute Gasteiger partial charge is 0.299 e. The second kappa shape index (κ2) is 8.64. The first kappa shape index (κ1) is 18.1. The Bertz CT molecular complexity index is 874. The Hall–Kier alpha value is -2.23. The molecule has 0 N–H and O–H groups in total. The molecule has 0 saturated carbocycles. The van der Waals surface area contributed by atoms with Crippen LogP contribution in [0.15, 0.2) is 67.0 Å². The first-order valence-corrected chi connectivity index (χ1v) is 9.96. The van der Waals surface area contributed by atoms with Gasteiger partial charge >= 0.3 is 0 Å². The van der Waals surface area contributed by atoms with E-state index in [1.165, 1.54) is 11.3 Å². The number of rotatable bonds is 5. The lowest BCUT2D eigenvalue weighted by Gasteiger charge is -2.31. The highest BCUT2D eigenvalue weighted by atomic mass is 35.5. The molecule has 0 aliphatic carbocycles.